The molecule has 1 saturated carbocycles. The first-order valence-electron chi connectivity index (χ1n) is 14.2. The number of carbonyl (C=O) groups excluding carboxylic acids is 1. The van der Waals surface area contributed by atoms with Crippen molar-refractivity contribution in [1.29, 1.82) is 0 Å². The van der Waals surface area contributed by atoms with Gasteiger partial charge in [-0.05, 0) is 33.2 Å². The normalized spacial score (nSPS) is 42.8. The molecule has 3 fully saturated rings. The van der Waals surface area contributed by atoms with Gasteiger partial charge in [-0.3, -0.25) is 4.79 Å². The molecule has 0 aromatic rings. The summed E-state index contributed by atoms with van der Waals surface area (Å²) in [6.07, 6.45) is -7.28. The van der Waals surface area contributed by atoms with E-state index in [2.05, 4.69) is 16.0 Å². The average Bonchev–Trinajstić information content (AvgIpc) is 3.10. The van der Waals surface area contributed by atoms with Crippen molar-refractivity contribution < 1.29 is 48.6 Å². The molecule has 2 heterocycles. The van der Waals surface area contributed by atoms with Gasteiger partial charge in [-0.25, -0.2) is 4.39 Å². The number of aliphatic hydroxyl groups is 4. The molecule has 13 atom stereocenters. The van der Waals surface area contributed by atoms with Crippen LogP contribution in [0.4, 0.5) is 4.39 Å². The highest BCUT2D eigenvalue weighted by Gasteiger charge is 2.51. The van der Waals surface area contributed by atoms with Gasteiger partial charge in [0.25, 0.3) is 0 Å². The fraction of sp³-hybridized carbons (Fsp3) is 0.960. The summed E-state index contributed by atoms with van der Waals surface area (Å²) in [5.74, 6) is -0.785. The Hall–Kier alpha value is -1.12. The van der Waals surface area contributed by atoms with Crippen LogP contribution in [0.5, 0.6) is 0 Å². The van der Waals surface area contributed by atoms with Crippen molar-refractivity contribution in [1.82, 2.24) is 16.0 Å². The molecule has 0 spiro atoms. The molecule has 13 N–H and O–H groups in total. The number of rotatable bonds is 12. The van der Waals surface area contributed by atoms with Crippen LogP contribution in [0.2, 0.25) is 0 Å². The lowest BCUT2D eigenvalue weighted by atomic mass is 9.83. The van der Waals surface area contributed by atoms with Gasteiger partial charge in [0.1, 0.15) is 42.8 Å². The zero-order valence-corrected chi connectivity index (χ0v) is 23.7. The highest BCUT2D eigenvalue weighted by atomic mass is 19.1. The molecule has 0 bridgehead atoms. The van der Waals surface area contributed by atoms with Crippen LogP contribution in [-0.4, -0.2) is 145 Å². The lowest BCUT2D eigenvalue weighted by Crippen LogP contribution is -2.69. The van der Waals surface area contributed by atoms with Gasteiger partial charge in [0.15, 0.2) is 12.6 Å². The molecule has 6 unspecified atom stereocenters. The Morgan fingerprint density at radius 2 is 1.90 bits per heavy atom. The van der Waals surface area contributed by atoms with E-state index >= 15 is 0 Å². The molecule has 1 aliphatic carbocycles. The topological polar surface area (TPSA) is 249 Å². The van der Waals surface area contributed by atoms with Gasteiger partial charge in [-0.2, -0.15) is 0 Å². The summed E-state index contributed by atoms with van der Waals surface area (Å²) in [7, 11) is 1.57. The lowest BCUT2D eigenvalue weighted by Gasteiger charge is -2.48. The van der Waals surface area contributed by atoms with Crippen LogP contribution >= 0.6 is 0 Å². The zero-order valence-electron chi connectivity index (χ0n) is 23.7. The average molecular weight is 597 g/mol. The number of halogens is 1. The van der Waals surface area contributed by atoms with Gasteiger partial charge < -0.3 is 72.5 Å². The Bertz CT molecular complexity index is 820. The largest absolute Gasteiger partial charge is 0.388 e. The van der Waals surface area contributed by atoms with E-state index in [1.165, 1.54) is 6.92 Å². The van der Waals surface area contributed by atoms with Crippen LogP contribution in [0, 0.1) is 0 Å². The number of alkyl halides is 1. The van der Waals surface area contributed by atoms with Crippen LogP contribution < -0.4 is 33.2 Å². The van der Waals surface area contributed by atoms with E-state index in [-0.39, 0.29) is 38.3 Å². The molecule has 15 nitrogen and oxygen atoms in total. The third-order valence-corrected chi connectivity index (χ3v) is 7.95. The van der Waals surface area contributed by atoms with E-state index in [1.54, 1.807) is 7.05 Å². The van der Waals surface area contributed by atoms with E-state index in [1.807, 2.05) is 0 Å². The Balaban J connectivity index is 1.79. The van der Waals surface area contributed by atoms with Gasteiger partial charge in [0.05, 0.1) is 24.8 Å². The Labute approximate surface area is 239 Å². The Morgan fingerprint density at radius 3 is 2.56 bits per heavy atom. The SMILES string of the molecule is CN[C@@H]1C(O)[C@@H](OC2C(O)C(O[C@@H]3CC(N)CC[C@@H](CNCCF)O3)[C@@H](N)C[C@H]2NC(=O)[C@@H](O)CN)OCC1(C)O. The maximum atomic E-state index is 12.6. The number of nitrogens with two attached hydrogens (primary N) is 3. The maximum Gasteiger partial charge on any atom is 0.250 e. The summed E-state index contributed by atoms with van der Waals surface area (Å²) < 4.78 is 36.5. The van der Waals surface area contributed by atoms with E-state index in [0.717, 1.165) is 0 Å². The molecular formula is C25H49FN6O9. The van der Waals surface area contributed by atoms with Crippen LogP contribution in [0.3, 0.4) is 0 Å². The van der Waals surface area contributed by atoms with Crippen molar-refractivity contribution in [3.05, 3.63) is 0 Å². The molecule has 41 heavy (non-hydrogen) atoms. The van der Waals surface area contributed by atoms with Gasteiger partial charge in [0, 0.05) is 38.1 Å². The lowest BCUT2D eigenvalue weighted by molar-refractivity contribution is -0.305. The summed E-state index contributed by atoms with van der Waals surface area (Å²) in [6, 6.07) is -2.79. The maximum absolute atomic E-state index is 12.6. The van der Waals surface area contributed by atoms with Crippen molar-refractivity contribution >= 4 is 5.91 Å². The number of hydrogen-bond donors (Lipinski definition) is 10. The van der Waals surface area contributed by atoms with Crippen LogP contribution in [0.15, 0.2) is 0 Å². The highest BCUT2D eigenvalue weighted by Crippen LogP contribution is 2.32. The third-order valence-electron chi connectivity index (χ3n) is 7.95. The third kappa shape index (κ3) is 8.95. The van der Waals surface area contributed by atoms with Crippen molar-refractivity contribution in [3.8, 4) is 0 Å². The molecule has 16 heteroatoms. The fourth-order valence-corrected chi connectivity index (χ4v) is 5.69. The number of likely N-dealkylation sites (N-methyl/N-ethyl adjacent to an activating group) is 1. The molecule has 3 aliphatic rings. The molecule has 2 aliphatic heterocycles. The van der Waals surface area contributed by atoms with E-state index < -0.39 is 79.4 Å². The van der Waals surface area contributed by atoms with E-state index in [0.29, 0.717) is 25.8 Å². The first kappa shape index (κ1) is 34.4. The van der Waals surface area contributed by atoms with E-state index in [9.17, 15) is 29.6 Å². The van der Waals surface area contributed by atoms with Crippen LogP contribution in [-0.2, 0) is 23.7 Å². The fourth-order valence-electron chi connectivity index (χ4n) is 5.69. The second-order valence-electron chi connectivity index (χ2n) is 11.4. The summed E-state index contributed by atoms with van der Waals surface area (Å²) in [4.78, 5) is 12.5. The van der Waals surface area contributed by atoms with Crippen molar-refractivity contribution in [2.75, 3.05) is 40.0 Å². The highest BCUT2D eigenvalue weighted by molar-refractivity contribution is 5.81. The Morgan fingerprint density at radius 1 is 1.17 bits per heavy atom. The monoisotopic (exact) mass is 596 g/mol. The molecule has 2 saturated heterocycles. The minimum Gasteiger partial charge on any atom is -0.388 e. The van der Waals surface area contributed by atoms with E-state index in [4.69, 9.17) is 36.1 Å². The molecular weight excluding hydrogens is 547 g/mol. The smallest absolute Gasteiger partial charge is 0.250 e. The molecule has 1 amide bonds. The first-order chi connectivity index (χ1) is 19.4. The van der Waals surface area contributed by atoms with Crippen LogP contribution in [0.1, 0.15) is 32.6 Å². The molecule has 240 valence electrons. The number of aliphatic hydroxyl groups excluding tert-OH is 3. The van der Waals surface area contributed by atoms with Crippen LogP contribution in [0.25, 0.3) is 0 Å². The molecule has 0 radical (unpaired) electrons. The summed E-state index contributed by atoms with van der Waals surface area (Å²) in [5.41, 5.74) is 16.7. The standard InChI is InChI=1S/C25H49FN6O9/c1-25(37)11-38-24(19(35)22(25)30-2)41-21-15(32-23(36)16(33)9-27)8-14(29)20(18(21)34)40-17-7-12(28)3-4-13(39-17)10-31-6-5-26/h12-22,24,30-31,33-35,37H,3-11,27-29H2,1-2H3,(H,32,36)/t12?,13-,14-,15+,16-,17+,18?,19?,20?,21?,22+,24+,25?/m0/s1. The summed E-state index contributed by atoms with van der Waals surface area (Å²) >= 11 is 0. The number of ether oxygens (including phenoxy) is 4. The second-order valence-corrected chi connectivity index (χ2v) is 11.4. The molecule has 0 aromatic carbocycles. The Kier molecular flexibility index (Phi) is 13.0. The number of hydrogen-bond acceptors (Lipinski definition) is 14. The minimum atomic E-state index is -1.50. The second kappa shape index (κ2) is 15.6. The predicted molar refractivity (Wildman–Crippen MR) is 144 cm³/mol. The summed E-state index contributed by atoms with van der Waals surface area (Å²) in [5, 5.41) is 51.4. The van der Waals surface area contributed by atoms with Gasteiger partial charge in [0.2, 0.25) is 5.91 Å². The quantitative estimate of drug-likeness (QED) is 0.0954. The van der Waals surface area contributed by atoms with Crippen molar-refractivity contribution in [2.45, 2.75) is 112 Å². The van der Waals surface area contributed by atoms with Gasteiger partial charge >= 0.3 is 0 Å². The van der Waals surface area contributed by atoms with Gasteiger partial charge in [-0.15, -0.1) is 0 Å². The number of amides is 1. The minimum absolute atomic E-state index is 0.0612. The summed E-state index contributed by atoms with van der Waals surface area (Å²) in [6.45, 7) is 1.06. The number of carbonyl (C=O) groups is 1. The zero-order chi connectivity index (χ0) is 30.3. The number of nitrogens with one attached hydrogen (secondary N) is 3. The van der Waals surface area contributed by atoms with Crippen molar-refractivity contribution in [3.63, 3.8) is 0 Å². The van der Waals surface area contributed by atoms with Crippen molar-refractivity contribution in [2.24, 2.45) is 17.2 Å². The molecule has 0 aromatic heterocycles. The first-order valence-corrected chi connectivity index (χ1v) is 14.2. The predicted octanol–water partition coefficient (Wildman–Crippen LogP) is -4.51. The van der Waals surface area contributed by atoms with Gasteiger partial charge in [-0.1, -0.05) is 0 Å². The molecule has 3 rings (SSSR count).